The fraction of sp³-hybridized carbons (Fsp3) is 0.571. The quantitative estimate of drug-likeness (QED) is 0.837. The van der Waals surface area contributed by atoms with Gasteiger partial charge in [-0.05, 0) is 55.9 Å². The molecule has 0 radical (unpaired) electrons. The Bertz CT molecular complexity index is 358. The van der Waals surface area contributed by atoms with Crippen molar-refractivity contribution >= 4 is 11.6 Å². The maximum atomic E-state index is 5.94. The molecule has 2 heteroatoms. The largest absolute Gasteiger partial charge is 0.310 e. The van der Waals surface area contributed by atoms with E-state index in [4.69, 9.17) is 11.6 Å². The van der Waals surface area contributed by atoms with Gasteiger partial charge in [0, 0.05) is 17.6 Å². The molecule has 1 aliphatic carbocycles. The highest BCUT2D eigenvalue weighted by Gasteiger charge is 2.23. The topological polar surface area (TPSA) is 12.0 Å². The molecule has 1 aromatic rings. The van der Waals surface area contributed by atoms with E-state index < -0.39 is 0 Å². The number of rotatable bonds is 4. The van der Waals surface area contributed by atoms with Gasteiger partial charge in [0.2, 0.25) is 0 Å². The van der Waals surface area contributed by atoms with E-state index in [9.17, 15) is 0 Å². The van der Waals surface area contributed by atoms with Crippen LogP contribution in [0.1, 0.15) is 37.3 Å². The van der Waals surface area contributed by atoms with Gasteiger partial charge in [0.15, 0.2) is 0 Å². The van der Waals surface area contributed by atoms with Crippen LogP contribution in [0.3, 0.4) is 0 Å². The highest BCUT2D eigenvalue weighted by molar-refractivity contribution is 6.30. The molecular weight excluding hydrogens is 218 g/mol. The Labute approximate surface area is 103 Å². The highest BCUT2D eigenvalue weighted by atomic mass is 35.5. The SMILES string of the molecule is Cc1cc(Cl)ccc1CNC(C)C1CCC1. The van der Waals surface area contributed by atoms with Gasteiger partial charge in [0.1, 0.15) is 0 Å². The first-order valence-corrected chi connectivity index (χ1v) is 6.53. The third kappa shape index (κ3) is 2.78. The standard InChI is InChI=1S/C14H20ClN/c1-10-8-14(15)7-6-13(10)9-16-11(2)12-4-3-5-12/h6-8,11-12,16H,3-5,9H2,1-2H3. The van der Waals surface area contributed by atoms with Crippen molar-refractivity contribution in [2.24, 2.45) is 5.92 Å². The van der Waals surface area contributed by atoms with Crippen molar-refractivity contribution in [3.05, 3.63) is 34.3 Å². The van der Waals surface area contributed by atoms with Gasteiger partial charge in [0.05, 0.1) is 0 Å². The van der Waals surface area contributed by atoms with Gasteiger partial charge in [-0.15, -0.1) is 0 Å². The van der Waals surface area contributed by atoms with Crippen molar-refractivity contribution in [2.45, 2.75) is 45.7 Å². The van der Waals surface area contributed by atoms with Crippen LogP contribution in [0.5, 0.6) is 0 Å². The summed E-state index contributed by atoms with van der Waals surface area (Å²) < 4.78 is 0. The molecule has 1 aliphatic rings. The molecule has 0 amide bonds. The summed E-state index contributed by atoms with van der Waals surface area (Å²) >= 11 is 5.94. The Balaban J connectivity index is 1.88. The number of halogens is 1. The lowest BCUT2D eigenvalue weighted by Crippen LogP contribution is -2.36. The second kappa shape index (κ2) is 5.20. The van der Waals surface area contributed by atoms with Crippen molar-refractivity contribution in [1.82, 2.24) is 5.32 Å². The smallest absolute Gasteiger partial charge is 0.0408 e. The molecule has 88 valence electrons. The van der Waals surface area contributed by atoms with Crippen LogP contribution in [-0.2, 0) is 6.54 Å². The second-order valence-electron chi connectivity index (χ2n) is 4.93. The van der Waals surface area contributed by atoms with Crippen LogP contribution in [0.4, 0.5) is 0 Å². The summed E-state index contributed by atoms with van der Waals surface area (Å²) in [5.74, 6) is 0.896. The van der Waals surface area contributed by atoms with Crippen molar-refractivity contribution in [1.29, 1.82) is 0 Å². The molecule has 1 atom stereocenters. The van der Waals surface area contributed by atoms with E-state index >= 15 is 0 Å². The number of nitrogens with one attached hydrogen (secondary N) is 1. The highest BCUT2D eigenvalue weighted by Crippen LogP contribution is 2.29. The lowest BCUT2D eigenvalue weighted by molar-refractivity contribution is 0.240. The molecule has 0 heterocycles. The van der Waals surface area contributed by atoms with Gasteiger partial charge in [-0.2, -0.15) is 0 Å². The van der Waals surface area contributed by atoms with Crippen LogP contribution < -0.4 is 5.32 Å². The van der Waals surface area contributed by atoms with Crippen LogP contribution in [0.25, 0.3) is 0 Å². The Morgan fingerprint density at radius 3 is 2.75 bits per heavy atom. The molecule has 1 nitrogen and oxygen atoms in total. The summed E-state index contributed by atoms with van der Waals surface area (Å²) in [6.07, 6.45) is 4.21. The van der Waals surface area contributed by atoms with Gasteiger partial charge in [-0.3, -0.25) is 0 Å². The van der Waals surface area contributed by atoms with E-state index in [-0.39, 0.29) is 0 Å². The zero-order valence-corrected chi connectivity index (χ0v) is 10.8. The van der Waals surface area contributed by atoms with Crippen molar-refractivity contribution in [3.63, 3.8) is 0 Å². The molecule has 2 rings (SSSR count). The molecule has 0 saturated heterocycles. The van der Waals surface area contributed by atoms with Gasteiger partial charge in [0.25, 0.3) is 0 Å². The number of aryl methyl sites for hydroxylation is 1. The summed E-state index contributed by atoms with van der Waals surface area (Å²) in [5, 5.41) is 4.45. The molecule has 0 bridgehead atoms. The van der Waals surface area contributed by atoms with Gasteiger partial charge >= 0.3 is 0 Å². The molecule has 0 aliphatic heterocycles. The maximum Gasteiger partial charge on any atom is 0.0408 e. The Morgan fingerprint density at radius 2 is 2.19 bits per heavy atom. The van der Waals surface area contributed by atoms with Crippen LogP contribution in [0.2, 0.25) is 5.02 Å². The molecule has 0 aromatic heterocycles. The normalized spacial score (nSPS) is 18.2. The lowest BCUT2D eigenvalue weighted by atomic mass is 9.80. The van der Waals surface area contributed by atoms with Crippen LogP contribution in [0.15, 0.2) is 18.2 Å². The summed E-state index contributed by atoms with van der Waals surface area (Å²) in [6.45, 7) is 5.38. The Hall–Kier alpha value is -0.530. The maximum absolute atomic E-state index is 5.94. The fourth-order valence-corrected chi connectivity index (χ4v) is 2.46. The van der Waals surface area contributed by atoms with Gasteiger partial charge < -0.3 is 5.32 Å². The molecule has 1 saturated carbocycles. The van der Waals surface area contributed by atoms with E-state index in [2.05, 4.69) is 25.2 Å². The first-order valence-electron chi connectivity index (χ1n) is 6.15. The van der Waals surface area contributed by atoms with Crippen molar-refractivity contribution in [3.8, 4) is 0 Å². The zero-order chi connectivity index (χ0) is 11.5. The van der Waals surface area contributed by atoms with Gasteiger partial charge in [-0.1, -0.05) is 24.1 Å². The minimum absolute atomic E-state index is 0.642. The van der Waals surface area contributed by atoms with Crippen LogP contribution in [-0.4, -0.2) is 6.04 Å². The third-order valence-electron chi connectivity index (χ3n) is 3.78. The molecule has 1 aromatic carbocycles. The van der Waals surface area contributed by atoms with E-state index in [0.29, 0.717) is 6.04 Å². The molecule has 1 N–H and O–H groups in total. The molecule has 1 fully saturated rings. The molecule has 0 spiro atoms. The number of benzene rings is 1. The van der Waals surface area contributed by atoms with E-state index in [0.717, 1.165) is 17.5 Å². The van der Waals surface area contributed by atoms with Gasteiger partial charge in [-0.25, -0.2) is 0 Å². The Morgan fingerprint density at radius 1 is 1.44 bits per heavy atom. The first-order chi connectivity index (χ1) is 7.66. The first kappa shape index (κ1) is 11.9. The predicted molar refractivity (Wildman–Crippen MR) is 69.8 cm³/mol. The Kier molecular flexibility index (Phi) is 3.88. The number of hydrogen-bond acceptors (Lipinski definition) is 1. The average molecular weight is 238 g/mol. The van der Waals surface area contributed by atoms with E-state index in [1.165, 1.54) is 30.4 Å². The second-order valence-corrected chi connectivity index (χ2v) is 5.37. The van der Waals surface area contributed by atoms with Crippen molar-refractivity contribution < 1.29 is 0 Å². The lowest BCUT2D eigenvalue weighted by Gasteiger charge is -2.32. The minimum atomic E-state index is 0.642. The fourth-order valence-electron chi connectivity index (χ4n) is 2.24. The molecule has 16 heavy (non-hydrogen) atoms. The third-order valence-corrected chi connectivity index (χ3v) is 4.01. The summed E-state index contributed by atoms with van der Waals surface area (Å²) in [4.78, 5) is 0. The average Bonchev–Trinajstić information content (AvgIpc) is 2.13. The number of hydrogen-bond donors (Lipinski definition) is 1. The van der Waals surface area contributed by atoms with Crippen LogP contribution >= 0.6 is 11.6 Å². The monoisotopic (exact) mass is 237 g/mol. The predicted octanol–water partition coefficient (Wildman–Crippen LogP) is 3.93. The minimum Gasteiger partial charge on any atom is -0.310 e. The molecule has 1 unspecified atom stereocenters. The summed E-state index contributed by atoms with van der Waals surface area (Å²) in [5.41, 5.74) is 2.64. The summed E-state index contributed by atoms with van der Waals surface area (Å²) in [6, 6.07) is 6.77. The van der Waals surface area contributed by atoms with Crippen LogP contribution in [0, 0.1) is 12.8 Å². The molecular formula is C14H20ClN. The van der Waals surface area contributed by atoms with E-state index in [1.807, 2.05) is 12.1 Å². The van der Waals surface area contributed by atoms with Crippen molar-refractivity contribution in [2.75, 3.05) is 0 Å². The summed E-state index contributed by atoms with van der Waals surface area (Å²) in [7, 11) is 0. The zero-order valence-electron chi connectivity index (χ0n) is 10.1. The van der Waals surface area contributed by atoms with E-state index in [1.54, 1.807) is 0 Å².